The van der Waals surface area contributed by atoms with E-state index < -0.39 is 35.6 Å². The predicted molar refractivity (Wildman–Crippen MR) is 167 cm³/mol. The number of unbranched alkanes of at least 4 members (excludes halogenated alkanes) is 2. The molecule has 1 aromatic carbocycles. The van der Waals surface area contributed by atoms with Crippen molar-refractivity contribution < 1.29 is 24.2 Å². The SMILES string of the molecule is C=CCN(CCCCC)C(=O)C1N([C@@H](CO)C(C)C)C(=O)[C@@H]2[C@H](C(=O)N(CC=C)Cc3ccccc3)[C@H]3OC12CC3Br. The molecule has 4 rings (SSSR count). The summed E-state index contributed by atoms with van der Waals surface area (Å²) in [4.78, 5) is 48.3. The monoisotopic (exact) mass is 643 g/mol. The third kappa shape index (κ3) is 5.84. The van der Waals surface area contributed by atoms with Gasteiger partial charge in [0.05, 0.1) is 30.6 Å². The van der Waals surface area contributed by atoms with Crippen LogP contribution in [0.4, 0.5) is 0 Å². The number of hydrogen-bond donors (Lipinski definition) is 1. The molecule has 42 heavy (non-hydrogen) atoms. The molecular formula is C33H46BrN3O5. The molecule has 9 heteroatoms. The lowest BCUT2D eigenvalue weighted by atomic mass is 9.70. The van der Waals surface area contributed by atoms with Gasteiger partial charge in [0.2, 0.25) is 17.7 Å². The van der Waals surface area contributed by atoms with Crippen LogP contribution in [0.15, 0.2) is 55.6 Å². The average molecular weight is 645 g/mol. The van der Waals surface area contributed by atoms with Crippen LogP contribution in [-0.2, 0) is 25.7 Å². The Morgan fingerprint density at radius 2 is 1.81 bits per heavy atom. The van der Waals surface area contributed by atoms with Crippen LogP contribution >= 0.6 is 15.9 Å². The van der Waals surface area contributed by atoms with Gasteiger partial charge in [0, 0.05) is 31.0 Å². The maximum absolute atomic E-state index is 14.5. The molecule has 3 heterocycles. The van der Waals surface area contributed by atoms with Crippen LogP contribution in [0.2, 0.25) is 0 Å². The zero-order valence-electron chi connectivity index (χ0n) is 25.2. The Morgan fingerprint density at radius 3 is 2.40 bits per heavy atom. The molecule has 3 saturated heterocycles. The van der Waals surface area contributed by atoms with Crippen molar-refractivity contribution in [1.29, 1.82) is 0 Å². The number of carbonyl (C=O) groups is 3. The number of ether oxygens (including phenoxy) is 1. The second-order valence-electron chi connectivity index (χ2n) is 12.2. The molecule has 7 atom stereocenters. The minimum atomic E-state index is -1.17. The van der Waals surface area contributed by atoms with Crippen molar-refractivity contribution in [2.24, 2.45) is 17.8 Å². The minimum absolute atomic E-state index is 0.112. The largest absolute Gasteiger partial charge is 0.394 e. The fourth-order valence-electron chi connectivity index (χ4n) is 7.18. The highest BCUT2D eigenvalue weighted by molar-refractivity contribution is 9.09. The number of alkyl halides is 1. The van der Waals surface area contributed by atoms with E-state index in [-0.39, 0.29) is 35.1 Å². The molecule has 0 aromatic heterocycles. The number of fused-ring (bicyclic) bond motifs is 1. The summed E-state index contributed by atoms with van der Waals surface area (Å²) in [5.74, 6) is -2.38. The van der Waals surface area contributed by atoms with Crippen molar-refractivity contribution in [3.8, 4) is 0 Å². The van der Waals surface area contributed by atoms with Crippen molar-refractivity contribution in [2.75, 3.05) is 26.2 Å². The molecule has 3 amide bonds. The van der Waals surface area contributed by atoms with Crippen molar-refractivity contribution in [2.45, 2.75) is 81.6 Å². The smallest absolute Gasteiger partial charge is 0.248 e. The van der Waals surface area contributed by atoms with Gasteiger partial charge < -0.3 is 24.5 Å². The third-order valence-electron chi connectivity index (χ3n) is 9.13. The predicted octanol–water partition coefficient (Wildman–Crippen LogP) is 4.17. The van der Waals surface area contributed by atoms with Crippen LogP contribution in [0.25, 0.3) is 0 Å². The van der Waals surface area contributed by atoms with Crippen molar-refractivity contribution in [1.82, 2.24) is 14.7 Å². The van der Waals surface area contributed by atoms with Crippen LogP contribution in [0.1, 0.15) is 52.0 Å². The first-order valence-corrected chi connectivity index (χ1v) is 16.2. The van der Waals surface area contributed by atoms with Gasteiger partial charge in [-0.05, 0) is 24.3 Å². The molecular weight excluding hydrogens is 598 g/mol. The number of hydrogen-bond acceptors (Lipinski definition) is 5. The first-order valence-electron chi connectivity index (χ1n) is 15.2. The number of amides is 3. The Bertz CT molecular complexity index is 1150. The lowest BCUT2D eigenvalue weighted by molar-refractivity contribution is -0.153. The van der Waals surface area contributed by atoms with Crippen molar-refractivity contribution in [3.63, 3.8) is 0 Å². The third-order valence-corrected chi connectivity index (χ3v) is 9.97. The molecule has 2 bridgehead atoms. The van der Waals surface area contributed by atoms with Crippen LogP contribution in [-0.4, -0.2) is 92.4 Å². The maximum Gasteiger partial charge on any atom is 0.248 e. The highest BCUT2D eigenvalue weighted by Gasteiger charge is 2.77. The number of aliphatic hydroxyl groups is 1. The summed E-state index contributed by atoms with van der Waals surface area (Å²) >= 11 is 3.77. The average Bonchev–Trinajstić information content (AvgIpc) is 3.56. The highest BCUT2D eigenvalue weighted by Crippen LogP contribution is 2.61. The zero-order valence-corrected chi connectivity index (χ0v) is 26.7. The Kier molecular flexibility index (Phi) is 10.7. The Labute approximate surface area is 258 Å². The van der Waals surface area contributed by atoms with E-state index in [0.717, 1.165) is 24.8 Å². The second-order valence-corrected chi connectivity index (χ2v) is 13.4. The van der Waals surface area contributed by atoms with Gasteiger partial charge in [-0.1, -0.05) is 92.0 Å². The number of carbonyl (C=O) groups excluding carboxylic acids is 3. The topological polar surface area (TPSA) is 90.4 Å². The summed E-state index contributed by atoms with van der Waals surface area (Å²) in [6.45, 7) is 15.0. The van der Waals surface area contributed by atoms with Crippen LogP contribution in [0, 0.1) is 17.8 Å². The molecule has 230 valence electrons. The molecule has 0 aliphatic carbocycles. The first-order chi connectivity index (χ1) is 20.2. The quantitative estimate of drug-likeness (QED) is 0.176. The second kappa shape index (κ2) is 13.9. The lowest BCUT2D eigenvalue weighted by Crippen LogP contribution is -2.60. The maximum atomic E-state index is 14.5. The summed E-state index contributed by atoms with van der Waals surface area (Å²) in [7, 11) is 0. The molecule has 8 nitrogen and oxygen atoms in total. The van der Waals surface area contributed by atoms with Crippen molar-refractivity contribution >= 4 is 33.7 Å². The number of rotatable bonds is 15. The molecule has 1 aromatic rings. The molecule has 3 aliphatic rings. The fourth-order valence-corrected chi connectivity index (χ4v) is 8.12. The molecule has 0 radical (unpaired) electrons. The van der Waals surface area contributed by atoms with E-state index in [1.807, 2.05) is 44.2 Å². The number of halogens is 1. The van der Waals surface area contributed by atoms with E-state index in [2.05, 4.69) is 36.0 Å². The Balaban J connectivity index is 1.77. The fraction of sp³-hybridized carbons (Fsp3) is 0.606. The van der Waals surface area contributed by atoms with Crippen LogP contribution < -0.4 is 0 Å². The van der Waals surface area contributed by atoms with Gasteiger partial charge in [-0.15, -0.1) is 13.2 Å². The minimum Gasteiger partial charge on any atom is -0.394 e. The van der Waals surface area contributed by atoms with E-state index in [9.17, 15) is 19.5 Å². The Hall–Kier alpha value is -2.49. The molecule has 3 aliphatic heterocycles. The van der Waals surface area contributed by atoms with Gasteiger partial charge in [0.1, 0.15) is 11.6 Å². The molecule has 1 N–H and O–H groups in total. The van der Waals surface area contributed by atoms with Gasteiger partial charge in [0.15, 0.2) is 0 Å². The molecule has 0 saturated carbocycles. The molecule has 3 fully saturated rings. The number of likely N-dealkylation sites (tertiary alicyclic amines) is 1. The normalized spacial score (nSPS) is 28.6. The highest BCUT2D eigenvalue weighted by atomic mass is 79.9. The van der Waals surface area contributed by atoms with Gasteiger partial charge in [0.25, 0.3) is 0 Å². The summed E-state index contributed by atoms with van der Waals surface area (Å²) in [6, 6.07) is 8.19. The summed E-state index contributed by atoms with van der Waals surface area (Å²) in [5.41, 5.74) is -0.200. The van der Waals surface area contributed by atoms with Gasteiger partial charge in [-0.2, -0.15) is 0 Å². The summed E-state index contributed by atoms with van der Waals surface area (Å²) in [5, 5.41) is 10.5. The zero-order chi connectivity index (χ0) is 30.6. The summed E-state index contributed by atoms with van der Waals surface area (Å²) < 4.78 is 6.73. The van der Waals surface area contributed by atoms with E-state index >= 15 is 0 Å². The van der Waals surface area contributed by atoms with Gasteiger partial charge >= 0.3 is 0 Å². The standard InChI is InChI=1S/C33H46BrN3O5/c1-6-9-13-18-35(16-7-2)32(41)29-33-19-24(34)28(42-33)26(27(33)31(40)37(29)25(21-38)22(4)5)30(39)36(17-8-3)20-23-14-11-10-12-15-23/h7-8,10-12,14-15,22,24-29,38H,2-3,6,9,13,16-21H2,1,4-5H3/t24?,25-,26-,27-,28-,29?,33?/m0/s1. The molecule has 1 spiro atoms. The van der Waals surface area contributed by atoms with Crippen LogP contribution in [0.3, 0.4) is 0 Å². The number of aliphatic hydroxyl groups excluding tert-OH is 1. The summed E-state index contributed by atoms with van der Waals surface area (Å²) in [6.07, 6.45) is 6.10. The number of nitrogens with zero attached hydrogens (tertiary/aromatic N) is 3. The first kappa shape index (κ1) is 32.4. The lowest BCUT2D eigenvalue weighted by Gasteiger charge is -2.40. The van der Waals surface area contributed by atoms with E-state index in [1.165, 1.54) is 0 Å². The van der Waals surface area contributed by atoms with Gasteiger partial charge in [-0.3, -0.25) is 14.4 Å². The van der Waals surface area contributed by atoms with Crippen molar-refractivity contribution in [3.05, 3.63) is 61.2 Å². The number of benzene rings is 1. The van der Waals surface area contributed by atoms with E-state index in [0.29, 0.717) is 32.6 Å². The van der Waals surface area contributed by atoms with E-state index in [4.69, 9.17) is 4.74 Å². The van der Waals surface area contributed by atoms with Crippen LogP contribution in [0.5, 0.6) is 0 Å². The molecule has 3 unspecified atom stereocenters. The Morgan fingerprint density at radius 1 is 1.14 bits per heavy atom. The van der Waals surface area contributed by atoms with Gasteiger partial charge in [-0.25, -0.2) is 0 Å². The van der Waals surface area contributed by atoms with E-state index in [1.54, 1.807) is 26.9 Å².